The molecule has 2 amide bonds. The molecule has 2 heterocycles. The van der Waals surface area contributed by atoms with Crippen LogP contribution in [-0.2, 0) is 13.6 Å². The van der Waals surface area contributed by atoms with Gasteiger partial charge in [0.2, 0.25) is 0 Å². The lowest BCUT2D eigenvalue weighted by molar-refractivity contribution is 0.151. The Balaban J connectivity index is 1.59. The van der Waals surface area contributed by atoms with Gasteiger partial charge >= 0.3 is 6.03 Å². The highest BCUT2D eigenvalue weighted by Gasteiger charge is 2.31. The van der Waals surface area contributed by atoms with Gasteiger partial charge in [0, 0.05) is 32.5 Å². The van der Waals surface area contributed by atoms with Crippen molar-refractivity contribution in [2.75, 3.05) is 13.1 Å². The number of carbonyl (C=O) groups excluding carboxylic acids is 1. The summed E-state index contributed by atoms with van der Waals surface area (Å²) in [6.07, 6.45) is 5.75. The third-order valence-corrected chi connectivity index (χ3v) is 5.09. The van der Waals surface area contributed by atoms with Crippen LogP contribution in [0.25, 0.3) is 0 Å². The van der Waals surface area contributed by atoms with Crippen LogP contribution < -0.4 is 5.32 Å². The van der Waals surface area contributed by atoms with Crippen molar-refractivity contribution in [3.63, 3.8) is 0 Å². The van der Waals surface area contributed by atoms with Crippen LogP contribution in [0.1, 0.15) is 37.1 Å². The molecule has 24 heavy (non-hydrogen) atoms. The number of urea groups is 1. The summed E-state index contributed by atoms with van der Waals surface area (Å²) in [7, 11) is 1.94. The molecule has 1 aromatic heterocycles. The van der Waals surface area contributed by atoms with Gasteiger partial charge in [-0.1, -0.05) is 43.7 Å². The van der Waals surface area contributed by atoms with Crippen LogP contribution in [-0.4, -0.2) is 33.6 Å². The van der Waals surface area contributed by atoms with Crippen LogP contribution in [0.15, 0.2) is 42.7 Å². The minimum Gasteiger partial charge on any atom is -0.337 e. The predicted octanol–water partition coefficient (Wildman–Crippen LogP) is 3.15. The average Bonchev–Trinajstić information content (AvgIpc) is 3.04. The van der Waals surface area contributed by atoms with Crippen molar-refractivity contribution in [3.8, 4) is 0 Å². The Labute approximate surface area is 143 Å². The summed E-state index contributed by atoms with van der Waals surface area (Å²) in [6.45, 7) is 4.32. The van der Waals surface area contributed by atoms with Gasteiger partial charge in [0.25, 0.3) is 0 Å². The van der Waals surface area contributed by atoms with E-state index in [1.54, 1.807) is 6.20 Å². The molecule has 0 radical (unpaired) electrons. The van der Waals surface area contributed by atoms with Crippen LogP contribution in [0, 0.1) is 5.92 Å². The Hall–Kier alpha value is -2.30. The van der Waals surface area contributed by atoms with Crippen LogP contribution in [0.2, 0.25) is 0 Å². The summed E-state index contributed by atoms with van der Waals surface area (Å²) >= 11 is 0. The van der Waals surface area contributed by atoms with Gasteiger partial charge in [0.05, 0.1) is 6.54 Å². The first kappa shape index (κ1) is 16.6. The number of nitrogens with one attached hydrogen (secondary N) is 1. The fourth-order valence-electron chi connectivity index (χ4n) is 3.60. The molecule has 3 rings (SSSR count). The number of piperidine rings is 1. The van der Waals surface area contributed by atoms with Gasteiger partial charge in [-0.15, -0.1) is 0 Å². The molecule has 1 aromatic carbocycles. The lowest BCUT2D eigenvalue weighted by Crippen LogP contribution is -2.47. The number of aryl methyl sites for hydroxylation is 1. The summed E-state index contributed by atoms with van der Waals surface area (Å²) in [5.74, 6) is 1.93. The smallest absolute Gasteiger partial charge is 0.317 e. The molecule has 2 atom stereocenters. The molecule has 2 unspecified atom stereocenters. The van der Waals surface area contributed by atoms with Crippen molar-refractivity contribution >= 4 is 6.03 Å². The zero-order chi connectivity index (χ0) is 16.9. The number of rotatable bonds is 4. The van der Waals surface area contributed by atoms with E-state index in [1.165, 1.54) is 5.56 Å². The van der Waals surface area contributed by atoms with Crippen molar-refractivity contribution < 1.29 is 4.79 Å². The largest absolute Gasteiger partial charge is 0.337 e. The summed E-state index contributed by atoms with van der Waals surface area (Å²) in [4.78, 5) is 18.7. The normalized spacial score (nSPS) is 20.8. The molecule has 0 aliphatic carbocycles. The number of aromatic nitrogens is 2. The first-order valence-electron chi connectivity index (χ1n) is 8.73. The van der Waals surface area contributed by atoms with Crippen LogP contribution in [0.4, 0.5) is 4.79 Å². The molecule has 0 saturated carbocycles. The van der Waals surface area contributed by atoms with Gasteiger partial charge in [-0.2, -0.15) is 0 Å². The second kappa shape index (κ2) is 7.51. The topological polar surface area (TPSA) is 50.2 Å². The Morgan fingerprint density at radius 1 is 1.33 bits per heavy atom. The summed E-state index contributed by atoms with van der Waals surface area (Å²) in [5.41, 5.74) is 1.40. The summed E-state index contributed by atoms with van der Waals surface area (Å²) in [5, 5.41) is 3.00. The zero-order valence-corrected chi connectivity index (χ0v) is 14.5. The maximum atomic E-state index is 12.5. The third-order valence-electron chi connectivity index (χ3n) is 5.09. The molecule has 1 aliphatic rings. The van der Waals surface area contributed by atoms with Gasteiger partial charge in [-0.25, -0.2) is 9.78 Å². The van der Waals surface area contributed by atoms with E-state index in [0.29, 0.717) is 18.4 Å². The van der Waals surface area contributed by atoms with E-state index >= 15 is 0 Å². The molecule has 1 fully saturated rings. The second-order valence-corrected chi connectivity index (χ2v) is 6.53. The molecule has 0 spiro atoms. The monoisotopic (exact) mass is 326 g/mol. The van der Waals surface area contributed by atoms with E-state index in [9.17, 15) is 4.79 Å². The molecule has 0 bridgehead atoms. The number of benzene rings is 1. The van der Waals surface area contributed by atoms with Crippen molar-refractivity contribution in [2.45, 2.75) is 32.2 Å². The van der Waals surface area contributed by atoms with Crippen molar-refractivity contribution in [2.24, 2.45) is 13.0 Å². The molecule has 5 nitrogen and oxygen atoms in total. The molecule has 1 N–H and O–H groups in total. The van der Waals surface area contributed by atoms with Gasteiger partial charge < -0.3 is 14.8 Å². The van der Waals surface area contributed by atoms with E-state index in [-0.39, 0.29) is 6.03 Å². The van der Waals surface area contributed by atoms with E-state index < -0.39 is 0 Å². The fourth-order valence-corrected chi connectivity index (χ4v) is 3.60. The third kappa shape index (κ3) is 3.61. The zero-order valence-electron chi connectivity index (χ0n) is 14.5. The lowest BCUT2D eigenvalue weighted by atomic mass is 9.79. The molecule has 1 saturated heterocycles. The number of imidazole rings is 1. The highest BCUT2D eigenvalue weighted by atomic mass is 16.2. The quantitative estimate of drug-likeness (QED) is 0.938. The van der Waals surface area contributed by atoms with Gasteiger partial charge in [-0.3, -0.25) is 0 Å². The minimum absolute atomic E-state index is 0.0166. The summed E-state index contributed by atoms with van der Waals surface area (Å²) in [6, 6.07) is 10.7. The number of nitrogens with zero attached hydrogens (tertiary/aromatic N) is 3. The number of carbonyl (C=O) groups is 1. The van der Waals surface area contributed by atoms with E-state index in [2.05, 4.69) is 47.6 Å². The predicted molar refractivity (Wildman–Crippen MR) is 94.6 cm³/mol. The van der Waals surface area contributed by atoms with Crippen LogP contribution in [0.5, 0.6) is 0 Å². The summed E-state index contributed by atoms with van der Waals surface area (Å²) < 4.78 is 1.93. The SMILES string of the molecule is CCC1CN(C(=O)NCc2nccn2C)CCC1c1ccccc1. The van der Waals surface area contributed by atoms with E-state index in [4.69, 9.17) is 0 Å². The highest BCUT2D eigenvalue weighted by molar-refractivity contribution is 5.74. The number of amides is 2. The maximum Gasteiger partial charge on any atom is 0.317 e. The molecular weight excluding hydrogens is 300 g/mol. The molecule has 5 heteroatoms. The first-order valence-corrected chi connectivity index (χ1v) is 8.73. The highest BCUT2D eigenvalue weighted by Crippen LogP contribution is 2.34. The van der Waals surface area contributed by atoms with Crippen LogP contribution >= 0.6 is 0 Å². The maximum absolute atomic E-state index is 12.5. The van der Waals surface area contributed by atoms with Crippen molar-refractivity contribution in [1.29, 1.82) is 0 Å². The van der Waals surface area contributed by atoms with Crippen molar-refractivity contribution in [1.82, 2.24) is 19.8 Å². The number of likely N-dealkylation sites (tertiary alicyclic amines) is 1. The van der Waals surface area contributed by atoms with Gasteiger partial charge in [0.15, 0.2) is 0 Å². The van der Waals surface area contributed by atoms with Gasteiger partial charge in [0.1, 0.15) is 5.82 Å². The molecular formula is C19H26N4O. The van der Waals surface area contributed by atoms with E-state index in [0.717, 1.165) is 31.8 Å². The van der Waals surface area contributed by atoms with Crippen molar-refractivity contribution in [3.05, 3.63) is 54.1 Å². The Morgan fingerprint density at radius 3 is 2.79 bits per heavy atom. The Kier molecular flexibility index (Phi) is 5.18. The fraction of sp³-hybridized carbons (Fsp3) is 0.474. The first-order chi connectivity index (χ1) is 11.7. The average molecular weight is 326 g/mol. The standard InChI is InChI=1S/C19H26N4O/c1-3-15-14-23(11-9-17(15)16-7-5-4-6-8-16)19(24)21-13-18-20-10-12-22(18)2/h4-8,10,12,15,17H,3,9,11,13-14H2,1-2H3,(H,21,24). The Morgan fingerprint density at radius 2 is 2.12 bits per heavy atom. The van der Waals surface area contributed by atoms with Gasteiger partial charge in [-0.05, 0) is 23.8 Å². The minimum atomic E-state index is 0.0166. The van der Waals surface area contributed by atoms with Crippen LogP contribution in [0.3, 0.4) is 0 Å². The van der Waals surface area contributed by atoms with E-state index in [1.807, 2.05) is 22.7 Å². The molecule has 128 valence electrons. The number of hydrogen-bond acceptors (Lipinski definition) is 2. The molecule has 2 aromatic rings. The lowest BCUT2D eigenvalue weighted by Gasteiger charge is -2.38. The Bertz CT molecular complexity index is 667. The second-order valence-electron chi connectivity index (χ2n) is 6.53. The molecule has 1 aliphatic heterocycles. The number of hydrogen-bond donors (Lipinski definition) is 1.